The summed E-state index contributed by atoms with van der Waals surface area (Å²) in [6, 6.07) is 12.0. The molecule has 2 aromatic carbocycles. The third-order valence-corrected chi connectivity index (χ3v) is 5.95. The number of para-hydroxylation sites is 1. The lowest BCUT2D eigenvalue weighted by molar-refractivity contribution is -0.136. The highest BCUT2D eigenvalue weighted by Crippen LogP contribution is 2.31. The number of aromatic amines is 1. The van der Waals surface area contributed by atoms with Crippen LogP contribution in [0.2, 0.25) is 0 Å². The molecule has 0 radical (unpaired) electrons. The van der Waals surface area contributed by atoms with Crippen molar-refractivity contribution < 1.29 is 23.9 Å². The summed E-state index contributed by atoms with van der Waals surface area (Å²) in [5.41, 5.74) is 2.77. The summed E-state index contributed by atoms with van der Waals surface area (Å²) < 4.78 is 11.1. The molecule has 2 N–H and O–H groups in total. The molecular weight excluding hydrogens is 424 g/mol. The Morgan fingerprint density at radius 3 is 2.76 bits per heavy atom. The second-order valence-electron chi connectivity index (χ2n) is 8.22. The molecule has 3 heterocycles. The summed E-state index contributed by atoms with van der Waals surface area (Å²) in [4.78, 5) is 43.8. The summed E-state index contributed by atoms with van der Waals surface area (Å²) in [6.07, 6.45) is 2.20. The van der Waals surface area contributed by atoms with E-state index < -0.39 is 18.0 Å². The van der Waals surface area contributed by atoms with E-state index in [1.165, 1.54) is 4.90 Å². The number of H-pyrrole nitrogens is 1. The number of urea groups is 1. The number of hydrogen-bond donors (Lipinski definition) is 2. The molecule has 2 aliphatic heterocycles. The van der Waals surface area contributed by atoms with Gasteiger partial charge in [-0.25, -0.2) is 4.79 Å². The quantitative estimate of drug-likeness (QED) is 0.562. The molecular formula is C24H24N4O5. The zero-order valence-electron chi connectivity index (χ0n) is 18.2. The lowest BCUT2D eigenvalue weighted by Gasteiger charge is -2.22. The van der Waals surface area contributed by atoms with Crippen molar-refractivity contribution in [3.8, 4) is 11.5 Å². The molecule has 0 saturated carbocycles. The van der Waals surface area contributed by atoms with E-state index in [1.807, 2.05) is 48.7 Å². The van der Waals surface area contributed by atoms with Crippen LogP contribution in [-0.2, 0) is 22.6 Å². The van der Waals surface area contributed by atoms with Crippen LogP contribution in [0.1, 0.15) is 11.1 Å². The summed E-state index contributed by atoms with van der Waals surface area (Å²) >= 11 is 0. The van der Waals surface area contributed by atoms with E-state index in [0.717, 1.165) is 26.9 Å². The third kappa shape index (κ3) is 4.09. The van der Waals surface area contributed by atoms with Gasteiger partial charge in [0.15, 0.2) is 11.5 Å². The van der Waals surface area contributed by atoms with Gasteiger partial charge in [-0.2, -0.15) is 0 Å². The Hall–Kier alpha value is -4.01. The average Bonchev–Trinajstić information content (AvgIpc) is 3.35. The van der Waals surface area contributed by atoms with Gasteiger partial charge in [0, 0.05) is 37.1 Å². The Kier molecular flexibility index (Phi) is 5.37. The Labute approximate surface area is 190 Å². The number of nitrogens with zero attached hydrogens (tertiary/aromatic N) is 2. The van der Waals surface area contributed by atoms with Gasteiger partial charge in [-0.05, 0) is 29.3 Å². The number of likely N-dealkylation sites (N-methyl/N-ethyl adjacent to an activating group) is 1. The van der Waals surface area contributed by atoms with E-state index in [2.05, 4.69) is 10.3 Å². The number of ether oxygens (including phenoxy) is 2. The maximum atomic E-state index is 12.9. The third-order valence-electron chi connectivity index (χ3n) is 5.95. The highest BCUT2D eigenvalue weighted by Gasteiger charge is 2.39. The van der Waals surface area contributed by atoms with Crippen molar-refractivity contribution in [2.45, 2.75) is 19.0 Å². The second-order valence-corrected chi connectivity index (χ2v) is 8.22. The summed E-state index contributed by atoms with van der Waals surface area (Å²) in [5, 5.41) is 3.71. The van der Waals surface area contributed by atoms with Crippen molar-refractivity contribution >= 4 is 28.7 Å². The highest BCUT2D eigenvalue weighted by molar-refractivity contribution is 6.06. The highest BCUT2D eigenvalue weighted by atomic mass is 16.6. The number of imide groups is 1. The molecule has 170 valence electrons. The first-order valence-corrected chi connectivity index (χ1v) is 10.8. The van der Waals surface area contributed by atoms with Crippen LogP contribution in [0, 0.1) is 0 Å². The minimum absolute atomic E-state index is 0.309. The van der Waals surface area contributed by atoms with Crippen LogP contribution in [0.3, 0.4) is 0 Å². The standard InChI is InChI=1S/C24H24N4O5/c1-27(13-15-6-7-20-21(10-15)33-9-8-32-20)22(29)14-28-23(30)19(26-24(28)31)11-16-12-25-18-5-3-2-4-17(16)18/h2-7,10,12,19,25H,8-9,11,13-14H2,1H3,(H,26,31). The maximum Gasteiger partial charge on any atom is 0.325 e. The predicted molar refractivity (Wildman–Crippen MR) is 120 cm³/mol. The van der Waals surface area contributed by atoms with Crippen LogP contribution in [-0.4, -0.2) is 65.5 Å². The Morgan fingerprint density at radius 1 is 1.12 bits per heavy atom. The number of carbonyl (C=O) groups excluding carboxylic acids is 3. The van der Waals surface area contributed by atoms with E-state index >= 15 is 0 Å². The van der Waals surface area contributed by atoms with Crippen molar-refractivity contribution in [1.29, 1.82) is 0 Å². The number of nitrogens with one attached hydrogen (secondary N) is 2. The van der Waals surface area contributed by atoms with Gasteiger partial charge in [-0.3, -0.25) is 14.5 Å². The molecule has 0 bridgehead atoms. The minimum Gasteiger partial charge on any atom is -0.486 e. The molecule has 1 saturated heterocycles. The zero-order valence-corrected chi connectivity index (χ0v) is 18.2. The molecule has 1 unspecified atom stereocenters. The SMILES string of the molecule is CN(Cc1ccc2c(c1)OCCO2)C(=O)CN1C(=O)NC(Cc2c[nH]c3ccccc23)C1=O. The lowest BCUT2D eigenvalue weighted by atomic mass is 10.1. The smallest absolute Gasteiger partial charge is 0.325 e. The molecule has 5 rings (SSSR count). The van der Waals surface area contributed by atoms with Crippen molar-refractivity contribution in [3.05, 3.63) is 59.8 Å². The summed E-state index contributed by atoms with van der Waals surface area (Å²) in [7, 11) is 1.64. The van der Waals surface area contributed by atoms with Gasteiger partial charge < -0.3 is 24.7 Å². The second kappa shape index (κ2) is 8.50. The van der Waals surface area contributed by atoms with Gasteiger partial charge in [0.25, 0.3) is 5.91 Å². The van der Waals surface area contributed by atoms with Gasteiger partial charge in [-0.15, -0.1) is 0 Å². The molecule has 0 aliphatic carbocycles. The normalized spacial score (nSPS) is 17.4. The summed E-state index contributed by atoms with van der Waals surface area (Å²) in [5.74, 6) is 0.598. The number of fused-ring (bicyclic) bond motifs is 2. The van der Waals surface area contributed by atoms with Crippen LogP contribution >= 0.6 is 0 Å². The van der Waals surface area contributed by atoms with Gasteiger partial charge in [0.1, 0.15) is 25.8 Å². The lowest BCUT2D eigenvalue weighted by Crippen LogP contribution is -2.41. The monoisotopic (exact) mass is 448 g/mol. The van der Waals surface area contributed by atoms with Crippen LogP contribution in [0.15, 0.2) is 48.7 Å². The molecule has 2 aliphatic rings. The van der Waals surface area contributed by atoms with E-state index in [4.69, 9.17) is 9.47 Å². The Bertz CT molecular complexity index is 1240. The van der Waals surface area contributed by atoms with E-state index in [-0.39, 0.29) is 12.5 Å². The van der Waals surface area contributed by atoms with E-state index in [0.29, 0.717) is 37.7 Å². The number of benzene rings is 2. The van der Waals surface area contributed by atoms with Gasteiger partial charge in [-0.1, -0.05) is 24.3 Å². The van der Waals surface area contributed by atoms with Crippen molar-refractivity contribution in [1.82, 2.24) is 20.1 Å². The molecule has 4 amide bonds. The number of carbonyl (C=O) groups is 3. The van der Waals surface area contributed by atoms with Gasteiger partial charge in [0.05, 0.1) is 0 Å². The molecule has 1 atom stereocenters. The zero-order chi connectivity index (χ0) is 22.9. The molecule has 33 heavy (non-hydrogen) atoms. The first-order chi connectivity index (χ1) is 16.0. The summed E-state index contributed by atoms with van der Waals surface area (Å²) in [6.45, 7) is 1.00. The number of amides is 4. The topological polar surface area (TPSA) is 104 Å². The number of hydrogen-bond acceptors (Lipinski definition) is 5. The first-order valence-electron chi connectivity index (χ1n) is 10.8. The molecule has 3 aromatic rings. The minimum atomic E-state index is -0.701. The van der Waals surface area contributed by atoms with Crippen LogP contribution in [0.25, 0.3) is 10.9 Å². The molecule has 1 fully saturated rings. The van der Waals surface area contributed by atoms with Crippen molar-refractivity contribution in [2.24, 2.45) is 0 Å². The van der Waals surface area contributed by atoms with Gasteiger partial charge >= 0.3 is 6.03 Å². The van der Waals surface area contributed by atoms with Crippen LogP contribution in [0.4, 0.5) is 4.79 Å². The average molecular weight is 448 g/mol. The van der Waals surface area contributed by atoms with E-state index in [9.17, 15) is 14.4 Å². The fourth-order valence-electron chi connectivity index (χ4n) is 4.19. The largest absolute Gasteiger partial charge is 0.486 e. The Morgan fingerprint density at radius 2 is 1.91 bits per heavy atom. The molecule has 9 heteroatoms. The maximum absolute atomic E-state index is 12.9. The number of rotatable bonds is 6. The molecule has 9 nitrogen and oxygen atoms in total. The molecule has 0 spiro atoms. The van der Waals surface area contributed by atoms with Crippen LogP contribution in [0.5, 0.6) is 11.5 Å². The van der Waals surface area contributed by atoms with Crippen molar-refractivity contribution in [2.75, 3.05) is 26.8 Å². The molecule has 1 aromatic heterocycles. The Balaban J connectivity index is 1.22. The van der Waals surface area contributed by atoms with Gasteiger partial charge in [0.2, 0.25) is 5.91 Å². The fraction of sp³-hybridized carbons (Fsp3) is 0.292. The van der Waals surface area contributed by atoms with Crippen molar-refractivity contribution in [3.63, 3.8) is 0 Å². The predicted octanol–water partition coefficient (Wildman–Crippen LogP) is 2.06. The van der Waals surface area contributed by atoms with Crippen LogP contribution < -0.4 is 14.8 Å². The first kappa shape index (κ1) is 20.9. The fourth-order valence-corrected chi connectivity index (χ4v) is 4.19. The number of aromatic nitrogens is 1. The van der Waals surface area contributed by atoms with E-state index in [1.54, 1.807) is 7.05 Å².